The SMILES string of the molecule is COCCNCC(=O)Nc1ccc(OCCN2CCCC2)c(C)c1. The summed E-state index contributed by atoms with van der Waals surface area (Å²) in [5, 5.41) is 5.90. The summed E-state index contributed by atoms with van der Waals surface area (Å²) in [4.78, 5) is 14.3. The first-order chi connectivity index (χ1) is 11.7. The van der Waals surface area contributed by atoms with Gasteiger partial charge in [-0.1, -0.05) is 0 Å². The second kappa shape index (κ2) is 10.3. The molecule has 0 unspecified atom stereocenters. The molecule has 6 nitrogen and oxygen atoms in total. The molecule has 2 N–H and O–H groups in total. The minimum atomic E-state index is -0.0618. The van der Waals surface area contributed by atoms with Crippen LogP contribution in [0.1, 0.15) is 18.4 Å². The average Bonchev–Trinajstić information content (AvgIpc) is 3.07. The van der Waals surface area contributed by atoms with Crippen LogP contribution in [0.3, 0.4) is 0 Å². The lowest BCUT2D eigenvalue weighted by molar-refractivity contribution is -0.115. The number of ether oxygens (including phenoxy) is 2. The molecule has 0 radical (unpaired) electrons. The van der Waals surface area contributed by atoms with Crippen molar-refractivity contribution in [3.63, 3.8) is 0 Å². The number of nitrogens with zero attached hydrogens (tertiary/aromatic N) is 1. The van der Waals surface area contributed by atoms with E-state index in [1.165, 1.54) is 25.9 Å². The maximum atomic E-state index is 11.8. The van der Waals surface area contributed by atoms with Gasteiger partial charge in [-0.3, -0.25) is 9.69 Å². The summed E-state index contributed by atoms with van der Waals surface area (Å²) in [6.07, 6.45) is 2.60. The van der Waals surface area contributed by atoms with Crippen LogP contribution < -0.4 is 15.4 Å². The van der Waals surface area contributed by atoms with Crippen molar-refractivity contribution in [2.24, 2.45) is 0 Å². The molecular formula is C18H29N3O3. The monoisotopic (exact) mass is 335 g/mol. The smallest absolute Gasteiger partial charge is 0.238 e. The number of benzene rings is 1. The molecule has 1 aromatic rings. The summed E-state index contributed by atoms with van der Waals surface area (Å²) in [6, 6.07) is 5.75. The van der Waals surface area contributed by atoms with E-state index >= 15 is 0 Å². The van der Waals surface area contributed by atoms with Gasteiger partial charge >= 0.3 is 0 Å². The number of methoxy groups -OCH3 is 1. The molecule has 1 aliphatic rings. The van der Waals surface area contributed by atoms with Crippen molar-refractivity contribution in [1.29, 1.82) is 0 Å². The van der Waals surface area contributed by atoms with Crippen molar-refractivity contribution in [2.45, 2.75) is 19.8 Å². The highest BCUT2D eigenvalue weighted by atomic mass is 16.5. The van der Waals surface area contributed by atoms with Crippen molar-refractivity contribution in [2.75, 3.05) is 58.4 Å². The Morgan fingerprint density at radius 2 is 2.04 bits per heavy atom. The van der Waals surface area contributed by atoms with Gasteiger partial charge in [0.15, 0.2) is 0 Å². The number of amides is 1. The highest BCUT2D eigenvalue weighted by molar-refractivity contribution is 5.92. The molecule has 0 atom stereocenters. The van der Waals surface area contributed by atoms with E-state index in [0.29, 0.717) is 19.8 Å². The second-order valence-electron chi connectivity index (χ2n) is 6.10. The van der Waals surface area contributed by atoms with Crippen molar-refractivity contribution in [3.05, 3.63) is 23.8 Å². The Balaban J connectivity index is 1.73. The second-order valence-corrected chi connectivity index (χ2v) is 6.10. The number of nitrogens with one attached hydrogen (secondary N) is 2. The van der Waals surface area contributed by atoms with E-state index in [2.05, 4.69) is 15.5 Å². The maximum absolute atomic E-state index is 11.8. The van der Waals surface area contributed by atoms with Gasteiger partial charge in [0.1, 0.15) is 12.4 Å². The zero-order valence-corrected chi connectivity index (χ0v) is 14.8. The fourth-order valence-electron chi connectivity index (χ4n) is 2.76. The average molecular weight is 335 g/mol. The summed E-state index contributed by atoms with van der Waals surface area (Å²) in [5.74, 6) is 0.818. The van der Waals surface area contributed by atoms with Gasteiger partial charge in [0.25, 0.3) is 0 Å². The highest BCUT2D eigenvalue weighted by Gasteiger charge is 2.11. The zero-order valence-electron chi connectivity index (χ0n) is 14.8. The van der Waals surface area contributed by atoms with Crippen LogP contribution in [-0.4, -0.2) is 63.9 Å². The number of likely N-dealkylation sites (tertiary alicyclic amines) is 1. The molecule has 1 amide bonds. The summed E-state index contributed by atoms with van der Waals surface area (Å²) in [5.41, 5.74) is 1.82. The van der Waals surface area contributed by atoms with Crippen molar-refractivity contribution >= 4 is 11.6 Å². The minimum Gasteiger partial charge on any atom is -0.492 e. The number of rotatable bonds is 10. The maximum Gasteiger partial charge on any atom is 0.238 e. The molecule has 6 heteroatoms. The Labute approximate surface area is 144 Å². The van der Waals surface area contributed by atoms with E-state index in [1.807, 2.05) is 25.1 Å². The van der Waals surface area contributed by atoms with Gasteiger partial charge in [0.05, 0.1) is 13.2 Å². The van der Waals surface area contributed by atoms with E-state index in [4.69, 9.17) is 9.47 Å². The molecule has 0 bridgehead atoms. The molecule has 2 rings (SSSR count). The fourth-order valence-corrected chi connectivity index (χ4v) is 2.76. The van der Waals surface area contributed by atoms with Crippen LogP contribution >= 0.6 is 0 Å². The number of hydrogen-bond acceptors (Lipinski definition) is 5. The molecule has 24 heavy (non-hydrogen) atoms. The molecule has 0 aromatic heterocycles. The standard InChI is InChI=1S/C18H29N3O3/c1-15-13-16(20-18(22)14-19-7-11-23-2)5-6-17(15)24-12-10-21-8-3-4-9-21/h5-6,13,19H,3-4,7-12,14H2,1-2H3,(H,20,22). The van der Waals surface area contributed by atoms with Gasteiger partial charge in [-0.05, 0) is 56.6 Å². The fraction of sp³-hybridized carbons (Fsp3) is 0.611. The van der Waals surface area contributed by atoms with Crippen LogP contribution in [-0.2, 0) is 9.53 Å². The van der Waals surface area contributed by atoms with E-state index in [0.717, 1.165) is 23.5 Å². The van der Waals surface area contributed by atoms with Crippen molar-refractivity contribution < 1.29 is 14.3 Å². The first-order valence-corrected chi connectivity index (χ1v) is 8.64. The van der Waals surface area contributed by atoms with Gasteiger partial charge < -0.3 is 20.1 Å². The third-order valence-corrected chi connectivity index (χ3v) is 4.09. The molecule has 1 fully saturated rings. The van der Waals surface area contributed by atoms with Crippen LogP contribution in [0.4, 0.5) is 5.69 Å². The Kier molecular flexibility index (Phi) is 8.01. The number of carbonyl (C=O) groups is 1. The van der Waals surface area contributed by atoms with E-state index in [9.17, 15) is 4.79 Å². The Hall–Kier alpha value is -1.63. The lowest BCUT2D eigenvalue weighted by Gasteiger charge is -2.16. The van der Waals surface area contributed by atoms with Crippen LogP contribution in [0.25, 0.3) is 0 Å². The Morgan fingerprint density at radius 1 is 1.25 bits per heavy atom. The van der Waals surface area contributed by atoms with E-state index < -0.39 is 0 Å². The first kappa shape index (κ1) is 18.7. The number of anilines is 1. The molecular weight excluding hydrogens is 306 g/mol. The zero-order chi connectivity index (χ0) is 17.2. The molecule has 1 aliphatic heterocycles. The Morgan fingerprint density at radius 3 is 2.75 bits per heavy atom. The van der Waals surface area contributed by atoms with Crippen LogP contribution in [0.15, 0.2) is 18.2 Å². The van der Waals surface area contributed by atoms with Crippen LogP contribution in [0.2, 0.25) is 0 Å². The van der Waals surface area contributed by atoms with Gasteiger partial charge in [-0.25, -0.2) is 0 Å². The largest absolute Gasteiger partial charge is 0.492 e. The van der Waals surface area contributed by atoms with Crippen LogP contribution in [0, 0.1) is 6.92 Å². The quantitative estimate of drug-likeness (QED) is 0.637. The van der Waals surface area contributed by atoms with Gasteiger partial charge in [-0.2, -0.15) is 0 Å². The first-order valence-electron chi connectivity index (χ1n) is 8.64. The molecule has 134 valence electrons. The number of aryl methyl sites for hydroxylation is 1. The number of hydrogen-bond donors (Lipinski definition) is 2. The number of carbonyl (C=O) groups excluding carboxylic acids is 1. The Bertz CT molecular complexity index is 516. The van der Waals surface area contributed by atoms with Crippen LogP contribution in [0.5, 0.6) is 5.75 Å². The molecule has 1 aromatic carbocycles. The molecule has 0 aliphatic carbocycles. The van der Waals surface area contributed by atoms with E-state index in [-0.39, 0.29) is 12.5 Å². The normalized spacial score (nSPS) is 14.8. The summed E-state index contributed by atoms with van der Waals surface area (Å²) in [6.45, 7) is 7.58. The van der Waals surface area contributed by atoms with Crippen molar-refractivity contribution in [1.82, 2.24) is 10.2 Å². The van der Waals surface area contributed by atoms with Gasteiger partial charge in [0, 0.05) is 25.9 Å². The highest BCUT2D eigenvalue weighted by Crippen LogP contribution is 2.22. The predicted octanol–water partition coefficient (Wildman–Crippen LogP) is 1.64. The lowest BCUT2D eigenvalue weighted by Crippen LogP contribution is -2.30. The molecule has 0 spiro atoms. The van der Waals surface area contributed by atoms with Gasteiger partial charge in [0.2, 0.25) is 5.91 Å². The third-order valence-electron chi connectivity index (χ3n) is 4.09. The topological polar surface area (TPSA) is 62.8 Å². The summed E-state index contributed by atoms with van der Waals surface area (Å²) in [7, 11) is 1.64. The van der Waals surface area contributed by atoms with E-state index in [1.54, 1.807) is 7.11 Å². The third kappa shape index (κ3) is 6.47. The minimum absolute atomic E-state index is 0.0618. The van der Waals surface area contributed by atoms with Gasteiger partial charge in [-0.15, -0.1) is 0 Å². The van der Waals surface area contributed by atoms with Crippen molar-refractivity contribution in [3.8, 4) is 5.75 Å². The predicted molar refractivity (Wildman–Crippen MR) is 95.7 cm³/mol. The molecule has 1 saturated heterocycles. The summed E-state index contributed by atoms with van der Waals surface area (Å²) < 4.78 is 10.8. The molecule has 1 heterocycles. The molecule has 0 saturated carbocycles. The lowest BCUT2D eigenvalue weighted by atomic mass is 10.2. The summed E-state index contributed by atoms with van der Waals surface area (Å²) >= 11 is 0.